The highest BCUT2D eigenvalue weighted by molar-refractivity contribution is 6.11. The summed E-state index contributed by atoms with van der Waals surface area (Å²) in [6.45, 7) is 10.6. The number of Topliss-reactive ketones (excluding diaryl/α,β-unsaturated/α-hetero) is 1. The number of fused-ring (bicyclic) bond motifs is 1. The first-order chi connectivity index (χ1) is 17.1. The van der Waals surface area contributed by atoms with Crippen LogP contribution in [0.4, 0.5) is 0 Å². The van der Waals surface area contributed by atoms with E-state index in [4.69, 9.17) is 14.2 Å². The molecule has 36 heavy (non-hydrogen) atoms. The molecule has 5 unspecified atom stereocenters. The Hall–Kier alpha value is -2.54. The van der Waals surface area contributed by atoms with Crippen LogP contribution < -0.4 is 9.47 Å². The number of rotatable bonds is 9. The average molecular weight is 499 g/mol. The van der Waals surface area contributed by atoms with Gasteiger partial charge in [-0.15, -0.1) is 0 Å². The summed E-state index contributed by atoms with van der Waals surface area (Å²) in [4.78, 5) is 31.6. The second-order valence-corrected chi connectivity index (χ2v) is 11.5. The van der Waals surface area contributed by atoms with Crippen LogP contribution in [0.25, 0.3) is 0 Å². The third kappa shape index (κ3) is 5.13. The molecule has 1 aromatic carbocycles. The van der Waals surface area contributed by atoms with Gasteiger partial charge >= 0.3 is 0 Å². The van der Waals surface area contributed by atoms with Crippen molar-refractivity contribution in [2.24, 2.45) is 23.7 Å². The van der Waals surface area contributed by atoms with Crippen molar-refractivity contribution in [1.82, 2.24) is 9.80 Å². The minimum absolute atomic E-state index is 0.0764. The number of benzene rings is 1. The van der Waals surface area contributed by atoms with Gasteiger partial charge in [0.2, 0.25) is 0 Å². The molecule has 2 aliphatic heterocycles. The predicted octanol–water partition coefficient (Wildman–Crippen LogP) is 4.47. The highest BCUT2D eigenvalue weighted by atomic mass is 16.5. The van der Waals surface area contributed by atoms with E-state index in [1.165, 1.54) is 0 Å². The van der Waals surface area contributed by atoms with Crippen molar-refractivity contribution < 1.29 is 23.8 Å². The van der Waals surface area contributed by atoms with Crippen molar-refractivity contribution in [2.45, 2.75) is 59.1 Å². The maximum absolute atomic E-state index is 14.0. The molecule has 0 spiro atoms. The van der Waals surface area contributed by atoms with Crippen LogP contribution in [-0.2, 0) is 14.3 Å². The Bertz CT molecular complexity index is 1020. The van der Waals surface area contributed by atoms with Gasteiger partial charge in [0, 0.05) is 6.54 Å². The number of amides is 1. The van der Waals surface area contributed by atoms with Crippen molar-refractivity contribution in [3.05, 3.63) is 35.1 Å². The summed E-state index contributed by atoms with van der Waals surface area (Å²) in [6, 6.07) is 5.27. The summed E-state index contributed by atoms with van der Waals surface area (Å²) < 4.78 is 18.0. The highest BCUT2D eigenvalue weighted by Crippen LogP contribution is 2.49. The number of hydrogen-bond acceptors (Lipinski definition) is 6. The second-order valence-electron chi connectivity index (χ2n) is 11.5. The molecule has 1 fully saturated rings. The van der Waals surface area contributed by atoms with E-state index in [-0.39, 0.29) is 29.5 Å². The average Bonchev–Trinajstić information content (AvgIpc) is 3.10. The molecule has 3 aliphatic rings. The molecule has 0 aromatic heterocycles. The Morgan fingerprint density at radius 1 is 1.11 bits per heavy atom. The molecule has 1 aromatic rings. The second kappa shape index (κ2) is 10.8. The van der Waals surface area contributed by atoms with Crippen LogP contribution in [0.1, 0.15) is 58.6 Å². The molecule has 0 bridgehead atoms. The van der Waals surface area contributed by atoms with Crippen LogP contribution in [0.5, 0.6) is 11.5 Å². The largest absolute Gasteiger partial charge is 0.493 e. The fourth-order valence-corrected chi connectivity index (χ4v) is 5.67. The zero-order valence-corrected chi connectivity index (χ0v) is 22.9. The van der Waals surface area contributed by atoms with Crippen molar-refractivity contribution in [1.29, 1.82) is 0 Å². The normalized spacial score (nSPS) is 27.9. The molecule has 4 rings (SSSR count). The van der Waals surface area contributed by atoms with Gasteiger partial charge < -0.3 is 24.0 Å². The van der Waals surface area contributed by atoms with Gasteiger partial charge in [-0.2, -0.15) is 0 Å². The van der Waals surface area contributed by atoms with Crippen LogP contribution in [-0.4, -0.2) is 68.5 Å². The quantitative estimate of drug-likeness (QED) is 0.501. The first-order valence-corrected chi connectivity index (χ1v) is 13.3. The lowest BCUT2D eigenvalue weighted by Gasteiger charge is -2.40. The molecule has 0 radical (unpaired) electrons. The van der Waals surface area contributed by atoms with Gasteiger partial charge in [-0.25, -0.2) is 0 Å². The summed E-state index contributed by atoms with van der Waals surface area (Å²) in [5.41, 5.74) is 1.37. The lowest BCUT2D eigenvalue weighted by atomic mass is 9.70. The van der Waals surface area contributed by atoms with Gasteiger partial charge in [-0.1, -0.05) is 33.8 Å². The summed E-state index contributed by atoms with van der Waals surface area (Å²) in [5, 5.41) is 0. The molecule has 7 heteroatoms. The number of carbonyl (C=O) groups excluding carboxylic acids is 2. The van der Waals surface area contributed by atoms with E-state index in [2.05, 4.69) is 32.6 Å². The standard InChI is InChI=1S/C29H42N2O5/c1-17(2)16-35-22-10-9-20(15-24(22)34-7)26-25-27(32)21-13-18(3)19(4)14-23(21)36-28(25)29(33)31(26)12-8-11-30(5)6/h9-10,15,17-19,21,23,26H,8,11-14,16H2,1-7H3. The summed E-state index contributed by atoms with van der Waals surface area (Å²) >= 11 is 0. The molecule has 1 amide bonds. The van der Waals surface area contributed by atoms with E-state index >= 15 is 0 Å². The van der Waals surface area contributed by atoms with E-state index in [0.29, 0.717) is 48.0 Å². The Morgan fingerprint density at radius 2 is 1.83 bits per heavy atom. The van der Waals surface area contributed by atoms with E-state index in [9.17, 15) is 9.59 Å². The molecule has 2 heterocycles. The molecule has 5 atom stereocenters. The van der Waals surface area contributed by atoms with Crippen molar-refractivity contribution >= 4 is 11.7 Å². The molecule has 1 saturated carbocycles. The molecular weight excluding hydrogens is 456 g/mol. The smallest absolute Gasteiger partial charge is 0.290 e. The molecule has 0 N–H and O–H groups in total. The minimum atomic E-state index is -0.481. The summed E-state index contributed by atoms with van der Waals surface area (Å²) in [6.07, 6.45) is 2.20. The van der Waals surface area contributed by atoms with Gasteiger partial charge in [0.05, 0.1) is 31.2 Å². The Balaban J connectivity index is 1.71. The summed E-state index contributed by atoms with van der Waals surface area (Å²) in [7, 11) is 5.66. The van der Waals surface area contributed by atoms with Crippen LogP contribution in [0.3, 0.4) is 0 Å². The topological polar surface area (TPSA) is 68.3 Å². The number of carbonyl (C=O) groups is 2. The third-order valence-electron chi connectivity index (χ3n) is 7.89. The monoisotopic (exact) mass is 498 g/mol. The van der Waals surface area contributed by atoms with E-state index in [0.717, 1.165) is 31.4 Å². The number of hydrogen-bond donors (Lipinski definition) is 0. The summed E-state index contributed by atoms with van der Waals surface area (Å²) in [5.74, 6) is 2.53. The highest BCUT2D eigenvalue weighted by Gasteiger charge is 2.53. The molecule has 1 aliphatic carbocycles. The zero-order valence-electron chi connectivity index (χ0n) is 22.9. The predicted molar refractivity (Wildman–Crippen MR) is 139 cm³/mol. The minimum Gasteiger partial charge on any atom is -0.493 e. The molecule has 198 valence electrons. The number of nitrogens with zero attached hydrogens (tertiary/aromatic N) is 2. The Labute approximate surface area is 215 Å². The van der Waals surface area contributed by atoms with E-state index in [1.54, 1.807) is 7.11 Å². The van der Waals surface area contributed by atoms with Gasteiger partial charge in [-0.3, -0.25) is 9.59 Å². The Kier molecular flexibility index (Phi) is 7.98. The number of ketones is 1. The first-order valence-electron chi connectivity index (χ1n) is 13.3. The number of ether oxygens (including phenoxy) is 3. The van der Waals surface area contributed by atoms with Gasteiger partial charge in [-0.05, 0) is 75.4 Å². The van der Waals surface area contributed by atoms with Crippen molar-refractivity contribution in [2.75, 3.05) is 40.9 Å². The fraction of sp³-hybridized carbons (Fsp3) is 0.655. The lowest BCUT2D eigenvalue weighted by Crippen LogP contribution is -2.43. The number of methoxy groups -OCH3 is 1. The van der Waals surface area contributed by atoms with Crippen molar-refractivity contribution in [3.63, 3.8) is 0 Å². The fourth-order valence-electron chi connectivity index (χ4n) is 5.67. The maximum Gasteiger partial charge on any atom is 0.290 e. The first kappa shape index (κ1) is 26.5. The van der Waals surface area contributed by atoms with Crippen LogP contribution in [0.2, 0.25) is 0 Å². The lowest BCUT2D eigenvalue weighted by molar-refractivity contribution is -0.137. The van der Waals surface area contributed by atoms with Gasteiger partial charge in [0.1, 0.15) is 6.10 Å². The van der Waals surface area contributed by atoms with Gasteiger partial charge in [0.15, 0.2) is 23.0 Å². The van der Waals surface area contributed by atoms with E-state index in [1.807, 2.05) is 37.2 Å². The van der Waals surface area contributed by atoms with E-state index < -0.39 is 6.04 Å². The molecule has 0 saturated heterocycles. The molecule has 7 nitrogen and oxygen atoms in total. The van der Waals surface area contributed by atoms with Gasteiger partial charge in [0.25, 0.3) is 5.91 Å². The third-order valence-corrected chi connectivity index (χ3v) is 7.89. The Morgan fingerprint density at radius 3 is 2.50 bits per heavy atom. The van der Waals surface area contributed by atoms with Crippen molar-refractivity contribution in [3.8, 4) is 11.5 Å². The maximum atomic E-state index is 14.0. The van der Waals surface area contributed by atoms with Crippen LogP contribution in [0, 0.1) is 23.7 Å². The molecular formula is C29H42N2O5. The SMILES string of the molecule is COc1cc(C2C3=C(OC4CC(C)C(C)CC4C3=O)C(=O)N2CCCN(C)C)ccc1OCC(C)C. The van der Waals surface area contributed by atoms with Crippen LogP contribution >= 0.6 is 0 Å². The van der Waals surface area contributed by atoms with Crippen LogP contribution in [0.15, 0.2) is 29.5 Å². The zero-order chi connectivity index (χ0) is 26.1.